The number of rotatable bonds is 8. The predicted molar refractivity (Wildman–Crippen MR) is 140 cm³/mol. The van der Waals surface area contributed by atoms with Gasteiger partial charge < -0.3 is 5.32 Å². The molecule has 1 amide bonds. The molecule has 2 heterocycles. The number of carbonyl (C=O) groups excluding carboxylic acids is 1. The lowest BCUT2D eigenvalue weighted by atomic mass is 9.84. The molecule has 0 unspecified atom stereocenters. The minimum atomic E-state index is -0.555. The summed E-state index contributed by atoms with van der Waals surface area (Å²) in [5.74, 6) is -0.193. The fraction of sp³-hybridized carbons (Fsp3) is 0.0741. The van der Waals surface area contributed by atoms with Crippen LogP contribution >= 0.6 is 34.4 Å². The largest absolute Gasteiger partial charge is 0.344 e. The number of nitrogens with one attached hydrogen (secondary N) is 1. The van der Waals surface area contributed by atoms with Crippen LogP contribution < -0.4 is 5.32 Å². The number of thiazole rings is 2. The van der Waals surface area contributed by atoms with Gasteiger partial charge in [-0.25, -0.2) is 9.97 Å². The molecule has 0 radical (unpaired) electrons. The molecule has 0 spiro atoms. The molecule has 0 aliphatic rings. The van der Waals surface area contributed by atoms with E-state index in [1.165, 1.54) is 22.7 Å². The van der Waals surface area contributed by atoms with Crippen molar-refractivity contribution in [3.05, 3.63) is 135 Å². The molecule has 0 saturated heterocycles. The summed E-state index contributed by atoms with van der Waals surface area (Å²) in [6.45, 7) is 0.388. The van der Waals surface area contributed by atoms with Crippen LogP contribution in [0.5, 0.6) is 0 Å². The summed E-state index contributed by atoms with van der Waals surface area (Å²) in [4.78, 5) is 21.8. The van der Waals surface area contributed by atoms with E-state index in [1.807, 2.05) is 23.6 Å². The normalized spacial score (nSPS) is 11.3. The van der Waals surface area contributed by atoms with Crippen molar-refractivity contribution in [3.63, 3.8) is 0 Å². The maximum absolute atomic E-state index is 13.1. The van der Waals surface area contributed by atoms with Crippen molar-refractivity contribution < 1.29 is 4.79 Å². The molecule has 5 rings (SSSR count). The predicted octanol–water partition coefficient (Wildman–Crippen LogP) is 6.61. The van der Waals surface area contributed by atoms with E-state index in [-0.39, 0.29) is 5.91 Å². The first-order valence-electron chi connectivity index (χ1n) is 10.7. The molecule has 0 saturated carbocycles. The van der Waals surface area contributed by atoms with Gasteiger partial charge in [0.2, 0.25) is 0 Å². The van der Waals surface area contributed by atoms with Crippen LogP contribution in [-0.4, -0.2) is 15.9 Å². The Labute approximate surface area is 210 Å². The first-order chi connectivity index (χ1) is 16.8. The summed E-state index contributed by atoms with van der Waals surface area (Å²) in [7, 11) is 0. The topological polar surface area (TPSA) is 54.9 Å². The minimum absolute atomic E-state index is 0.193. The summed E-state index contributed by atoms with van der Waals surface area (Å²) in [5.41, 5.74) is 5.60. The summed E-state index contributed by atoms with van der Waals surface area (Å²) < 4.78 is 0.314. The number of carbonyl (C=O) groups is 1. The molecule has 0 aliphatic carbocycles. The molecular formula is C27H21N3OS3. The summed E-state index contributed by atoms with van der Waals surface area (Å²) in [6.07, 6.45) is 1.74. The quantitative estimate of drug-likeness (QED) is 0.193. The van der Waals surface area contributed by atoms with E-state index in [1.54, 1.807) is 23.5 Å². The number of hydrogen-bond acceptors (Lipinski definition) is 6. The molecule has 0 bridgehead atoms. The highest BCUT2D eigenvalue weighted by molar-refractivity contribution is 8.02. The highest BCUT2D eigenvalue weighted by Crippen LogP contribution is 2.53. The Kier molecular flexibility index (Phi) is 6.85. The summed E-state index contributed by atoms with van der Waals surface area (Å²) in [6, 6.07) is 31.3. The fourth-order valence-electron chi connectivity index (χ4n) is 3.87. The molecule has 0 fully saturated rings. The van der Waals surface area contributed by atoms with Crippen molar-refractivity contribution in [2.24, 2.45) is 0 Å². The first kappa shape index (κ1) is 22.5. The van der Waals surface area contributed by atoms with Crippen LogP contribution in [0.3, 0.4) is 0 Å². The van der Waals surface area contributed by atoms with Gasteiger partial charge in [0, 0.05) is 11.6 Å². The van der Waals surface area contributed by atoms with Crippen LogP contribution in [0.15, 0.2) is 112 Å². The first-order valence-corrected chi connectivity index (χ1v) is 13.3. The highest BCUT2D eigenvalue weighted by atomic mass is 32.2. The van der Waals surface area contributed by atoms with Gasteiger partial charge in [-0.05, 0) is 16.7 Å². The molecule has 4 nitrogen and oxygen atoms in total. The second kappa shape index (κ2) is 10.3. The minimum Gasteiger partial charge on any atom is -0.344 e. The van der Waals surface area contributed by atoms with E-state index in [0.717, 1.165) is 25.9 Å². The number of thioether (sulfide) groups is 1. The van der Waals surface area contributed by atoms with Crippen molar-refractivity contribution in [1.29, 1.82) is 0 Å². The smallest absolute Gasteiger partial charge is 0.272 e. The molecular weight excluding hydrogens is 479 g/mol. The number of hydrogen-bond donors (Lipinski definition) is 1. The van der Waals surface area contributed by atoms with Crippen LogP contribution in [-0.2, 0) is 11.3 Å². The van der Waals surface area contributed by atoms with Crippen molar-refractivity contribution in [1.82, 2.24) is 15.3 Å². The zero-order valence-electron chi connectivity index (χ0n) is 18.1. The average molecular weight is 500 g/mol. The Morgan fingerprint density at radius 3 is 1.85 bits per heavy atom. The molecule has 7 heteroatoms. The zero-order valence-corrected chi connectivity index (χ0v) is 20.6. The molecule has 3 aromatic carbocycles. The molecule has 1 N–H and O–H groups in total. The average Bonchev–Trinajstić information content (AvgIpc) is 3.60. The zero-order chi connectivity index (χ0) is 23.2. The molecule has 0 atom stereocenters. The van der Waals surface area contributed by atoms with E-state index in [9.17, 15) is 4.79 Å². The maximum Gasteiger partial charge on any atom is 0.272 e. The third kappa shape index (κ3) is 4.55. The number of aromatic nitrogens is 2. The number of benzene rings is 3. The van der Waals surface area contributed by atoms with Crippen LogP contribution in [0.2, 0.25) is 0 Å². The van der Waals surface area contributed by atoms with Crippen LogP contribution in [0, 0.1) is 0 Å². The van der Waals surface area contributed by atoms with Gasteiger partial charge in [-0.3, -0.25) is 4.79 Å². The van der Waals surface area contributed by atoms with Gasteiger partial charge in [0.15, 0.2) is 5.69 Å². The van der Waals surface area contributed by atoms with Gasteiger partial charge >= 0.3 is 0 Å². The SMILES string of the molecule is O=C(NCc1nccs1)c1ncsc1SC(c1ccccc1)(c1ccccc1)c1ccccc1. The van der Waals surface area contributed by atoms with Crippen LogP contribution in [0.25, 0.3) is 0 Å². The monoisotopic (exact) mass is 499 g/mol. The second-order valence-corrected chi connectivity index (χ2v) is 10.8. The summed E-state index contributed by atoms with van der Waals surface area (Å²) in [5, 5.41) is 5.74. The Morgan fingerprint density at radius 1 is 0.794 bits per heavy atom. The van der Waals surface area contributed by atoms with Crippen molar-refractivity contribution in [3.8, 4) is 0 Å². The van der Waals surface area contributed by atoms with Gasteiger partial charge in [0.05, 0.1) is 21.0 Å². The molecule has 168 valence electrons. The van der Waals surface area contributed by atoms with Crippen LogP contribution in [0.4, 0.5) is 0 Å². The molecule has 34 heavy (non-hydrogen) atoms. The maximum atomic E-state index is 13.1. The number of nitrogens with zero attached hydrogens (tertiary/aromatic N) is 2. The van der Waals surface area contributed by atoms with E-state index in [4.69, 9.17) is 0 Å². The Bertz CT molecular complexity index is 1240. The fourth-order valence-corrected chi connectivity index (χ4v) is 6.92. The molecule has 2 aromatic heterocycles. The third-order valence-corrected chi connectivity index (χ3v) is 8.75. The van der Waals surface area contributed by atoms with Crippen molar-refractivity contribution >= 4 is 40.3 Å². The molecule has 5 aromatic rings. The Balaban J connectivity index is 1.59. The van der Waals surface area contributed by atoms with Crippen molar-refractivity contribution in [2.75, 3.05) is 0 Å². The van der Waals surface area contributed by atoms with Crippen molar-refractivity contribution in [2.45, 2.75) is 15.5 Å². The Hall–Kier alpha value is -3.26. The lowest BCUT2D eigenvalue weighted by Crippen LogP contribution is -2.27. The van der Waals surface area contributed by atoms with E-state index < -0.39 is 4.75 Å². The van der Waals surface area contributed by atoms with Gasteiger partial charge in [0.25, 0.3) is 5.91 Å². The highest BCUT2D eigenvalue weighted by Gasteiger charge is 2.39. The standard InChI is InChI=1S/C27H21N3OS3/c31-25(29-18-23-28-16-17-32-23)24-26(33-19-30-24)34-27(20-10-4-1-5-11-20,21-12-6-2-7-13-21)22-14-8-3-9-15-22/h1-17,19H,18H2,(H,29,31). The third-order valence-electron chi connectivity index (χ3n) is 5.42. The van der Waals surface area contributed by atoms with E-state index >= 15 is 0 Å². The van der Waals surface area contributed by atoms with E-state index in [0.29, 0.717) is 12.2 Å². The molecule has 0 aliphatic heterocycles. The van der Waals surface area contributed by atoms with E-state index in [2.05, 4.69) is 88.1 Å². The summed E-state index contributed by atoms with van der Waals surface area (Å²) >= 11 is 4.67. The van der Waals surface area contributed by atoms with Crippen LogP contribution in [0.1, 0.15) is 32.2 Å². The lowest BCUT2D eigenvalue weighted by molar-refractivity contribution is 0.0943. The van der Waals surface area contributed by atoms with Gasteiger partial charge in [0.1, 0.15) is 5.01 Å². The second-order valence-electron chi connectivity index (χ2n) is 7.48. The van der Waals surface area contributed by atoms with Gasteiger partial charge in [-0.1, -0.05) is 103 Å². The van der Waals surface area contributed by atoms with Gasteiger partial charge in [-0.15, -0.1) is 22.7 Å². The lowest BCUT2D eigenvalue weighted by Gasteiger charge is -2.35. The van der Waals surface area contributed by atoms with Gasteiger partial charge in [-0.2, -0.15) is 0 Å². The number of amides is 1. The Morgan fingerprint density at radius 2 is 1.35 bits per heavy atom.